The molecule has 0 unspecified atom stereocenters. The third-order valence-corrected chi connectivity index (χ3v) is 2.75. The maximum atomic E-state index is 10.9. The van der Waals surface area contributed by atoms with Gasteiger partial charge in [0.2, 0.25) is 0 Å². The number of benzene rings is 1. The zero-order valence-corrected chi connectivity index (χ0v) is 8.12. The summed E-state index contributed by atoms with van der Waals surface area (Å²) in [6, 6.07) is 2.59. The van der Waals surface area contributed by atoms with E-state index in [0.717, 1.165) is 18.2 Å². The molecule has 14 heavy (non-hydrogen) atoms. The quantitative estimate of drug-likeness (QED) is 0.474. The molecule has 1 aromatic rings. The maximum absolute atomic E-state index is 10.9. The molecule has 0 amide bonds. The van der Waals surface area contributed by atoms with Gasteiger partial charge in [0.15, 0.2) is 4.90 Å². The van der Waals surface area contributed by atoms with Crippen molar-refractivity contribution in [3.05, 3.63) is 28.3 Å². The second-order valence-corrected chi connectivity index (χ2v) is 4.88. The summed E-state index contributed by atoms with van der Waals surface area (Å²) < 4.78 is 21.7. The predicted octanol–water partition coefficient (Wildman–Crippen LogP) is 1.23. The molecule has 1 rings (SSSR count). The monoisotopic (exact) mass is 237 g/mol. The number of hydrogen-bond acceptors (Lipinski definition) is 5. The van der Waals surface area contributed by atoms with Crippen LogP contribution in [-0.2, 0) is 9.05 Å². The Bertz CT molecular complexity index is 483. The highest BCUT2D eigenvalue weighted by Crippen LogP contribution is 2.29. The van der Waals surface area contributed by atoms with Gasteiger partial charge in [-0.1, -0.05) is 0 Å². The largest absolute Gasteiger partial charge is 0.508 e. The van der Waals surface area contributed by atoms with Gasteiger partial charge in [0.1, 0.15) is 5.75 Å². The molecule has 0 fully saturated rings. The number of aromatic hydroxyl groups is 1. The molecular weight excluding hydrogens is 234 g/mol. The van der Waals surface area contributed by atoms with Crippen molar-refractivity contribution in [3.63, 3.8) is 0 Å². The lowest BCUT2D eigenvalue weighted by molar-refractivity contribution is -0.387. The first-order chi connectivity index (χ1) is 6.32. The third-order valence-electron chi connectivity index (χ3n) is 1.40. The molecule has 0 radical (unpaired) electrons. The highest BCUT2D eigenvalue weighted by Gasteiger charge is 2.24. The Balaban J connectivity index is 3.54. The number of nitro benzene ring substituents is 1. The van der Waals surface area contributed by atoms with Crippen LogP contribution in [0, 0.1) is 10.1 Å². The summed E-state index contributed by atoms with van der Waals surface area (Å²) in [6.45, 7) is 0. The van der Waals surface area contributed by atoms with Crippen LogP contribution in [-0.4, -0.2) is 18.4 Å². The number of phenolic OH excluding ortho intramolecular Hbond substituents is 1. The van der Waals surface area contributed by atoms with E-state index < -0.39 is 30.3 Å². The minimum atomic E-state index is -4.23. The van der Waals surface area contributed by atoms with E-state index in [2.05, 4.69) is 0 Å². The van der Waals surface area contributed by atoms with Gasteiger partial charge < -0.3 is 5.11 Å². The van der Waals surface area contributed by atoms with Crippen molar-refractivity contribution < 1.29 is 18.4 Å². The SMILES string of the molecule is O=[N+]([O-])c1ccc(O)cc1S(=O)(=O)Cl. The lowest BCUT2D eigenvalue weighted by Gasteiger charge is -1.98. The summed E-state index contributed by atoms with van der Waals surface area (Å²) >= 11 is 0. The molecule has 0 aliphatic heterocycles. The minimum absolute atomic E-state index is 0.408. The number of hydrogen-bond donors (Lipinski definition) is 1. The van der Waals surface area contributed by atoms with E-state index in [4.69, 9.17) is 15.8 Å². The second-order valence-electron chi connectivity index (χ2n) is 2.35. The number of phenols is 1. The van der Waals surface area contributed by atoms with E-state index in [0.29, 0.717) is 0 Å². The molecule has 0 saturated heterocycles. The number of rotatable bonds is 2. The first-order valence-electron chi connectivity index (χ1n) is 3.24. The molecule has 0 heterocycles. The highest BCUT2D eigenvalue weighted by molar-refractivity contribution is 8.13. The zero-order chi connectivity index (χ0) is 10.9. The van der Waals surface area contributed by atoms with Crippen molar-refractivity contribution >= 4 is 25.4 Å². The summed E-state index contributed by atoms with van der Waals surface area (Å²) in [7, 11) is 0.706. The summed E-state index contributed by atoms with van der Waals surface area (Å²) in [6.07, 6.45) is 0. The molecule has 1 N–H and O–H groups in total. The van der Waals surface area contributed by atoms with Crippen molar-refractivity contribution in [1.82, 2.24) is 0 Å². The summed E-state index contributed by atoms with van der Waals surface area (Å²) in [5.74, 6) is -0.408. The molecule has 1 aromatic carbocycles. The Labute approximate surface area is 83.3 Å². The van der Waals surface area contributed by atoms with Crippen molar-refractivity contribution in [2.45, 2.75) is 4.90 Å². The summed E-state index contributed by atoms with van der Waals surface area (Å²) in [5, 5.41) is 19.3. The van der Waals surface area contributed by atoms with Crippen LogP contribution < -0.4 is 0 Å². The van der Waals surface area contributed by atoms with Crippen LogP contribution in [0.1, 0.15) is 0 Å². The molecular formula is C6H4ClNO5S. The van der Waals surface area contributed by atoms with Crippen molar-refractivity contribution in [2.75, 3.05) is 0 Å². The van der Waals surface area contributed by atoms with E-state index in [-0.39, 0.29) is 0 Å². The molecule has 0 saturated carbocycles. The molecule has 0 aliphatic rings. The summed E-state index contributed by atoms with van der Waals surface area (Å²) in [5.41, 5.74) is -0.669. The van der Waals surface area contributed by atoms with E-state index in [1.165, 1.54) is 0 Å². The van der Waals surface area contributed by atoms with Crippen LogP contribution in [0.4, 0.5) is 5.69 Å². The smallest absolute Gasteiger partial charge is 0.289 e. The van der Waals surface area contributed by atoms with Crippen LogP contribution in [0.2, 0.25) is 0 Å². The molecule has 6 nitrogen and oxygen atoms in total. The van der Waals surface area contributed by atoms with Crippen LogP contribution in [0.3, 0.4) is 0 Å². The Morgan fingerprint density at radius 2 is 2.00 bits per heavy atom. The molecule has 8 heteroatoms. The van der Waals surface area contributed by atoms with Crippen molar-refractivity contribution in [3.8, 4) is 5.75 Å². The van der Waals surface area contributed by atoms with E-state index in [1.807, 2.05) is 0 Å². The van der Waals surface area contributed by atoms with Crippen molar-refractivity contribution in [2.24, 2.45) is 0 Å². The maximum Gasteiger partial charge on any atom is 0.289 e. The van der Waals surface area contributed by atoms with Gasteiger partial charge in [-0.2, -0.15) is 0 Å². The van der Waals surface area contributed by atoms with Crippen LogP contribution >= 0.6 is 10.7 Å². The fraction of sp³-hybridized carbons (Fsp3) is 0. The number of nitrogens with zero attached hydrogens (tertiary/aromatic N) is 1. The highest BCUT2D eigenvalue weighted by atomic mass is 35.7. The van der Waals surface area contributed by atoms with Gasteiger partial charge in [-0.15, -0.1) is 0 Å². The van der Waals surface area contributed by atoms with Gasteiger partial charge in [0, 0.05) is 22.8 Å². The van der Waals surface area contributed by atoms with E-state index in [1.54, 1.807) is 0 Å². The lowest BCUT2D eigenvalue weighted by Crippen LogP contribution is -1.98. The topological polar surface area (TPSA) is 97.5 Å². The van der Waals surface area contributed by atoms with Crippen LogP contribution in [0.25, 0.3) is 0 Å². The van der Waals surface area contributed by atoms with Gasteiger partial charge in [-0.25, -0.2) is 8.42 Å². The molecule has 0 atom stereocenters. The predicted molar refractivity (Wildman–Crippen MR) is 47.8 cm³/mol. The van der Waals surface area contributed by atoms with Gasteiger partial charge in [0.25, 0.3) is 14.7 Å². The van der Waals surface area contributed by atoms with E-state index >= 15 is 0 Å². The first-order valence-corrected chi connectivity index (χ1v) is 5.55. The Morgan fingerprint density at radius 3 is 2.43 bits per heavy atom. The average Bonchev–Trinajstić information content (AvgIpc) is 2.01. The van der Waals surface area contributed by atoms with Crippen LogP contribution in [0.5, 0.6) is 5.75 Å². The Morgan fingerprint density at radius 1 is 1.43 bits per heavy atom. The average molecular weight is 238 g/mol. The normalized spacial score (nSPS) is 11.2. The second kappa shape index (κ2) is 3.43. The Hall–Kier alpha value is -1.34. The van der Waals surface area contributed by atoms with Gasteiger partial charge in [-0.3, -0.25) is 10.1 Å². The van der Waals surface area contributed by atoms with Gasteiger partial charge in [0.05, 0.1) is 4.92 Å². The van der Waals surface area contributed by atoms with Gasteiger partial charge >= 0.3 is 0 Å². The first kappa shape index (κ1) is 10.7. The number of halogens is 1. The fourth-order valence-corrected chi connectivity index (χ4v) is 1.87. The number of nitro groups is 1. The molecule has 0 aromatic heterocycles. The fourth-order valence-electron chi connectivity index (χ4n) is 0.849. The molecule has 0 bridgehead atoms. The van der Waals surface area contributed by atoms with Crippen LogP contribution in [0.15, 0.2) is 23.1 Å². The molecule has 0 spiro atoms. The Kier molecular flexibility index (Phi) is 2.63. The van der Waals surface area contributed by atoms with Crippen molar-refractivity contribution in [1.29, 1.82) is 0 Å². The standard InChI is InChI=1S/C6H4ClNO5S/c7-14(12,13)6-3-4(9)1-2-5(6)8(10)11/h1-3,9H. The molecule has 76 valence electrons. The van der Waals surface area contributed by atoms with E-state index in [9.17, 15) is 18.5 Å². The lowest BCUT2D eigenvalue weighted by atomic mass is 10.3. The van der Waals surface area contributed by atoms with Gasteiger partial charge in [-0.05, 0) is 6.07 Å². The molecule has 0 aliphatic carbocycles. The minimum Gasteiger partial charge on any atom is -0.508 e. The zero-order valence-electron chi connectivity index (χ0n) is 6.55. The summed E-state index contributed by atoms with van der Waals surface area (Å²) in [4.78, 5) is 8.77. The third kappa shape index (κ3) is 2.12.